The van der Waals surface area contributed by atoms with Crippen LogP contribution in [-0.2, 0) is 23.7 Å². The van der Waals surface area contributed by atoms with Crippen molar-refractivity contribution in [3.63, 3.8) is 0 Å². The van der Waals surface area contributed by atoms with Gasteiger partial charge in [0.25, 0.3) is 0 Å². The second kappa shape index (κ2) is 14.2. The molecule has 6 fully saturated rings. The van der Waals surface area contributed by atoms with Crippen LogP contribution in [0, 0.1) is 50.2 Å². The fourth-order valence-electron chi connectivity index (χ4n) is 13.3. The topological polar surface area (TPSA) is 236 Å². The summed E-state index contributed by atoms with van der Waals surface area (Å²) in [6.07, 6.45) is -6.32. The molecule has 55 heavy (non-hydrogen) atoms. The first-order valence-electron chi connectivity index (χ1n) is 20.5. The van der Waals surface area contributed by atoms with Crippen LogP contribution in [0.1, 0.15) is 99.3 Å². The quantitative estimate of drug-likeness (QED) is 0.104. The van der Waals surface area contributed by atoms with E-state index in [1.807, 2.05) is 20.8 Å². The van der Waals surface area contributed by atoms with E-state index in [4.69, 9.17) is 18.9 Å². The minimum absolute atomic E-state index is 0.0482. The van der Waals surface area contributed by atoms with Crippen LogP contribution in [0.3, 0.4) is 0 Å². The monoisotopic (exact) mass is 782 g/mol. The lowest BCUT2D eigenvalue weighted by Crippen LogP contribution is -2.68. The normalized spacial score (nSPS) is 54.9. The molecular formula is C41H66O14. The van der Waals surface area contributed by atoms with E-state index in [0.717, 1.165) is 24.8 Å². The van der Waals surface area contributed by atoms with Gasteiger partial charge < -0.3 is 64.9 Å². The number of aliphatic hydroxyl groups is 9. The van der Waals surface area contributed by atoms with Crippen LogP contribution in [0.5, 0.6) is 0 Å². The minimum Gasteiger partial charge on any atom is -0.432 e. The molecule has 2 aliphatic heterocycles. The van der Waals surface area contributed by atoms with Crippen LogP contribution in [0.4, 0.5) is 0 Å². The van der Waals surface area contributed by atoms with Gasteiger partial charge in [-0.05, 0) is 91.3 Å². The SMILES string of the molecule is CC1(C)CCC2(C(=O)OC3OC(CO)C(O)C(O)C3O)CCC3(C)C(=CCC4C5(C)CCC(OC6OCC(O)C(O)C6O)C(C)(CO)C5CCC43C)C2C1O. The highest BCUT2D eigenvalue weighted by molar-refractivity contribution is 5.79. The molecule has 0 bridgehead atoms. The lowest BCUT2D eigenvalue weighted by molar-refractivity contribution is -0.313. The maximum absolute atomic E-state index is 14.6. The van der Waals surface area contributed by atoms with Crippen molar-refractivity contribution in [2.24, 2.45) is 50.2 Å². The van der Waals surface area contributed by atoms with Gasteiger partial charge in [-0.2, -0.15) is 0 Å². The number of ether oxygens (including phenoxy) is 4. The molecule has 14 nitrogen and oxygen atoms in total. The Morgan fingerprint density at radius 2 is 1.45 bits per heavy atom. The van der Waals surface area contributed by atoms with Gasteiger partial charge in [-0.1, -0.05) is 53.2 Å². The Bertz CT molecular complexity index is 1490. The first-order valence-corrected chi connectivity index (χ1v) is 20.5. The molecule has 5 aliphatic carbocycles. The van der Waals surface area contributed by atoms with Crippen molar-refractivity contribution < 1.29 is 69.7 Å². The summed E-state index contributed by atoms with van der Waals surface area (Å²) in [4.78, 5) is 14.6. The van der Waals surface area contributed by atoms with Crippen LogP contribution in [0.25, 0.3) is 0 Å². The zero-order chi connectivity index (χ0) is 40.3. The van der Waals surface area contributed by atoms with Gasteiger partial charge in [0, 0.05) is 11.3 Å². The molecule has 9 N–H and O–H groups in total. The van der Waals surface area contributed by atoms with E-state index in [1.54, 1.807) is 0 Å². The number of fused-ring (bicyclic) bond motifs is 7. The number of hydrogen-bond donors (Lipinski definition) is 9. The van der Waals surface area contributed by atoms with Gasteiger partial charge in [0.1, 0.15) is 42.7 Å². The van der Waals surface area contributed by atoms with E-state index >= 15 is 0 Å². The van der Waals surface area contributed by atoms with E-state index in [1.165, 1.54) is 0 Å². The van der Waals surface area contributed by atoms with Gasteiger partial charge in [0.05, 0.1) is 37.4 Å². The van der Waals surface area contributed by atoms with Crippen LogP contribution < -0.4 is 0 Å². The third-order valence-corrected chi connectivity index (χ3v) is 17.2. The number of rotatable bonds is 6. The molecule has 0 aromatic carbocycles. The molecule has 4 saturated carbocycles. The molecule has 314 valence electrons. The number of esters is 1. The summed E-state index contributed by atoms with van der Waals surface area (Å²) in [5.41, 5.74) is -2.16. The molecule has 2 heterocycles. The summed E-state index contributed by atoms with van der Waals surface area (Å²) in [5, 5.41) is 95.7. The number of allylic oxidation sites excluding steroid dienone is 1. The van der Waals surface area contributed by atoms with Crippen molar-refractivity contribution >= 4 is 5.97 Å². The summed E-state index contributed by atoms with van der Waals surface area (Å²) >= 11 is 0. The first kappa shape index (κ1) is 41.9. The lowest BCUT2D eigenvalue weighted by atomic mass is 9.33. The predicted molar refractivity (Wildman–Crippen MR) is 194 cm³/mol. The van der Waals surface area contributed by atoms with E-state index in [9.17, 15) is 50.8 Å². The highest BCUT2D eigenvalue weighted by Crippen LogP contribution is 2.76. The number of carbonyl (C=O) groups is 1. The Labute approximate surface area is 323 Å². The van der Waals surface area contributed by atoms with Crippen molar-refractivity contribution in [3.8, 4) is 0 Å². The molecule has 0 amide bonds. The summed E-state index contributed by atoms with van der Waals surface area (Å²) in [7, 11) is 0. The third-order valence-electron chi connectivity index (χ3n) is 17.2. The first-order chi connectivity index (χ1) is 25.7. The van der Waals surface area contributed by atoms with Crippen molar-refractivity contribution in [3.05, 3.63) is 11.6 Å². The maximum atomic E-state index is 14.6. The smallest absolute Gasteiger partial charge is 0.315 e. The molecule has 0 spiro atoms. The second-order valence-corrected chi connectivity index (χ2v) is 20.0. The molecular weight excluding hydrogens is 716 g/mol. The van der Waals surface area contributed by atoms with Gasteiger partial charge in [-0.3, -0.25) is 4.79 Å². The molecule has 19 atom stereocenters. The molecule has 14 heteroatoms. The highest BCUT2D eigenvalue weighted by Gasteiger charge is 2.71. The van der Waals surface area contributed by atoms with E-state index in [0.29, 0.717) is 38.5 Å². The Morgan fingerprint density at radius 1 is 0.782 bits per heavy atom. The maximum Gasteiger partial charge on any atom is 0.315 e. The molecule has 19 unspecified atom stereocenters. The average molecular weight is 783 g/mol. The van der Waals surface area contributed by atoms with Crippen LogP contribution >= 0.6 is 0 Å². The van der Waals surface area contributed by atoms with E-state index in [-0.39, 0.29) is 35.9 Å². The van der Waals surface area contributed by atoms with Gasteiger partial charge in [-0.25, -0.2) is 0 Å². The standard InChI is InChI=1S/C41H66O14/c1-36(2)13-15-41(35(51)55-34-31(49)29(47)28(46)22(17-42)53-34)16-14-39(5)20(26(41)32(36)50)7-8-24-37(3)11-10-25(54-33-30(48)27(45)21(44)18-52-33)38(4,19-43)23(37)9-12-40(24,39)6/h7,21-34,42-50H,8-19H2,1-6H3. The molecule has 0 aromatic heterocycles. The van der Waals surface area contributed by atoms with Gasteiger partial charge in [0.2, 0.25) is 6.29 Å². The van der Waals surface area contributed by atoms with Crippen LogP contribution in [-0.4, -0.2) is 139 Å². The van der Waals surface area contributed by atoms with Crippen molar-refractivity contribution in [2.45, 2.75) is 167 Å². The minimum atomic E-state index is -1.73. The Kier molecular flexibility index (Phi) is 10.8. The number of hydrogen-bond acceptors (Lipinski definition) is 14. The van der Waals surface area contributed by atoms with E-state index < -0.39 is 108 Å². The van der Waals surface area contributed by atoms with Crippen LogP contribution in [0.15, 0.2) is 11.6 Å². The number of aliphatic hydroxyl groups excluding tert-OH is 9. The molecule has 0 radical (unpaired) electrons. The average Bonchev–Trinajstić information content (AvgIpc) is 3.14. The molecule has 7 aliphatic rings. The fourth-order valence-corrected chi connectivity index (χ4v) is 13.3. The zero-order valence-corrected chi connectivity index (χ0v) is 33.2. The van der Waals surface area contributed by atoms with E-state index in [2.05, 4.69) is 26.8 Å². The highest BCUT2D eigenvalue weighted by atomic mass is 16.7. The van der Waals surface area contributed by atoms with Gasteiger partial charge in [0.15, 0.2) is 6.29 Å². The third kappa shape index (κ3) is 5.97. The Balaban J connectivity index is 1.20. The van der Waals surface area contributed by atoms with Crippen LogP contribution in [0.2, 0.25) is 0 Å². The zero-order valence-electron chi connectivity index (χ0n) is 33.2. The fraction of sp³-hybridized carbons (Fsp3) is 0.927. The van der Waals surface area contributed by atoms with Crippen molar-refractivity contribution in [1.82, 2.24) is 0 Å². The van der Waals surface area contributed by atoms with Crippen molar-refractivity contribution in [2.75, 3.05) is 19.8 Å². The predicted octanol–water partition coefficient (Wildman–Crippen LogP) is 0.899. The van der Waals surface area contributed by atoms with Gasteiger partial charge in [-0.15, -0.1) is 0 Å². The van der Waals surface area contributed by atoms with Crippen molar-refractivity contribution in [1.29, 1.82) is 0 Å². The summed E-state index contributed by atoms with van der Waals surface area (Å²) < 4.78 is 23.5. The lowest BCUT2D eigenvalue weighted by Gasteiger charge is -2.71. The summed E-state index contributed by atoms with van der Waals surface area (Å²) in [6, 6.07) is 0. The largest absolute Gasteiger partial charge is 0.432 e. The second-order valence-electron chi connectivity index (χ2n) is 20.0. The molecule has 2 saturated heterocycles. The number of carbonyl (C=O) groups excluding carboxylic acids is 1. The summed E-state index contributed by atoms with van der Waals surface area (Å²) in [5.74, 6) is -0.978. The molecule has 0 aromatic rings. The Hall–Kier alpha value is -1.27. The van der Waals surface area contributed by atoms with Gasteiger partial charge >= 0.3 is 5.97 Å². The summed E-state index contributed by atoms with van der Waals surface area (Å²) in [6.45, 7) is 12.1. The molecule has 7 rings (SSSR count). The Morgan fingerprint density at radius 3 is 2.13 bits per heavy atom.